The normalized spacial score (nSPS) is 30.7. The van der Waals surface area contributed by atoms with E-state index in [1.54, 1.807) is 0 Å². The van der Waals surface area contributed by atoms with Crippen LogP contribution in [0, 0.1) is 6.92 Å². The number of likely N-dealkylation sites (tertiary alicyclic amines) is 1. The fraction of sp³-hybridized carbons (Fsp3) is 0.625. The zero-order valence-electron chi connectivity index (χ0n) is 12.3. The van der Waals surface area contributed by atoms with Gasteiger partial charge in [-0.2, -0.15) is 0 Å². The Morgan fingerprint density at radius 3 is 2.75 bits per heavy atom. The Morgan fingerprint density at radius 1 is 1.40 bits per heavy atom. The van der Waals surface area contributed by atoms with Crippen molar-refractivity contribution in [1.82, 2.24) is 4.90 Å². The summed E-state index contributed by atoms with van der Waals surface area (Å²) in [5, 5.41) is 3.73. The van der Waals surface area contributed by atoms with Crippen LogP contribution in [0.2, 0.25) is 0 Å². The minimum Gasteiger partial charge on any atom is -0.377 e. The second-order valence-electron chi connectivity index (χ2n) is 6.58. The highest BCUT2D eigenvalue weighted by atomic mass is 79.9. The van der Waals surface area contributed by atoms with Crippen LogP contribution in [0.15, 0.2) is 22.7 Å². The Bertz CT molecular complexity index is 480. The number of hydrogen-bond acceptors (Lipinski definition) is 3. The SMILES string of the molecule is Cc1cc(Br)cc(NC2(CN)CC(C)N(C3CC3)C2)c1. The highest BCUT2D eigenvalue weighted by molar-refractivity contribution is 9.10. The van der Waals surface area contributed by atoms with Gasteiger partial charge < -0.3 is 11.1 Å². The molecule has 0 spiro atoms. The average Bonchev–Trinajstić information content (AvgIpc) is 3.14. The minimum atomic E-state index is 0.0231. The predicted octanol–water partition coefficient (Wildman–Crippen LogP) is 3.12. The monoisotopic (exact) mass is 337 g/mol. The van der Waals surface area contributed by atoms with Crippen molar-refractivity contribution >= 4 is 21.6 Å². The number of nitrogens with zero attached hydrogens (tertiary/aromatic N) is 1. The van der Waals surface area contributed by atoms with Crippen LogP contribution in [0.4, 0.5) is 5.69 Å². The van der Waals surface area contributed by atoms with Gasteiger partial charge in [0.2, 0.25) is 0 Å². The van der Waals surface area contributed by atoms with Crippen molar-refractivity contribution in [2.24, 2.45) is 5.73 Å². The molecule has 3 N–H and O–H groups in total. The Kier molecular flexibility index (Phi) is 3.82. The number of halogens is 1. The molecule has 0 bridgehead atoms. The maximum atomic E-state index is 6.14. The van der Waals surface area contributed by atoms with E-state index >= 15 is 0 Å². The largest absolute Gasteiger partial charge is 0.377 e. The van der Waals surface area contributed by atoms with Gasteiger partial charge in [-0.1, -0.05) is 15.9 Å². The van der Waals surface area contributed by atoms with Crippen LogP contribution in [0.1, 0.15) is 31.7 Å². The van der Waals surface area contributed by atoms with E-state index in [9.17, 15) is 0 Å². The number of anilines is 1. The smallest absolute Gasteiger partial charge is 0.0637 e. The number of benzene rings is 1. The Hall–Kier alpha value is -0.580. The lowest BCUT2D eigenvalue weighted by Crippen LogP contribution is -2.48. The molecule has 1 saturated carbocycles. The van der Waals surface area contributed by atoms with Gasteiger partial charge in [-0.3, -0.25) is 4.90 Å². The highest BCUT2D eigenvalue weighted by Gasteiger charge is 2.46. The molecule has 1 aliphatic heterocycles. The van der Waals surface area contributed by atoms with Crippen molar-refractivity contribution in [3.63, 3.8) is 0 Å². The van der Waals surface area contributed by atoms with Crippen molar-refractivity contribution in [2.45, 2.75) is 50.7 Å². The molecule has 0 radical (unpaired) electrons. The standard InChI is InChI=1S/C16H24BrN3/c1-11-5-13(17)7-14(6-11)19-16(9-18)8-12(2)20(10-16)15-3-4-15/h5-7,12,15,19H,3-4,8-10,18H2,1-2H3. The van der Waals surface area contributed by atoms with Crippen LogP contribution in [-0.4, -0.2) is 35.6 Å². The first kappa shape index (κ1) is 14.4. The molecule has 1 aromatic carbocycles. The molecule has 2 aliphatic rings. The van der Waals surface area contributed by atoms with E-state index in [2.05, 4.69) is 58.2 Å². The quantitative estimate of drug-likeness (QED) is 0.886. The first-order valence-corrected chi connectivity index (χ1v) is 8.32. The average molecular weight is 338 g/mol. The molecule has 2 atom stereocenters. The molecule has 2 unspecified atom stereocenters. The summed E-state index contributed by atoms with van der Waals surface area (Å²) < 4.78 is 1.12. The van der Waals surface area contributed by atoms with E-state index in [0.717, 1.165) is 23.5 Å². The maximum Gasteiger partial charge on any atom is 0.0637 e. The summed E-state index contributed by atoms with van der Waals surface area (Å²) in [4.78, 5) is 2.64. The third-order valence-corrected chi connectivity index (χ3v) is 5.05. The topological polar surface area (TPSA) is 41.3 Å². The van der Waals surface area contributed by atoms with Crippen LogP contribution in [0.25, 0.3) is 0 Å². The van der Waals surface area contributed by atoms with E-state index < -0.39 is 0 Å². The predicted molar refractivity (Wildman–Crippen MR) is 88.1 cm³/mol. The molecule has 1 aliphatic carbocycles. The fourth-order valence-corrected chi connectivity index (χ4v) is 4.16. The number of nitrogens with one attached hydrogen (secondary N) is 1. The van der Waals surface area contributed by atoms with Gasteiger partial charge in [0.15, 0.2) is 0 Å². The fourth-order valence-electron chi connectivity index (χ4n) is 3.55. The van der Waals surface area contributed by atoms with E-state index in [1.807, 2.05) is 0 Å². The molecule has 0 amide bonds. The zero-order chi connectivity index (χ0) is 14.3. The summed E-state index contributed by atoms with van der Waals surface area (Å²) in [6.45, 7) is 6.22. The molecule has 1 saturated heterocycles. The van der Waals surface area contributed by atoms with Crippen LogP contribution >= 0.6 is 15.9 Å². The van der Waals surface area contributed by atoms with Gasteiger partial charge in [-0.15, -0.1) is 0 Å². The van der Waals surface area contributed by atoms with Crippen LogP contribution in [-0.2, 0) is 0 Å². The molecule has 2 fully saturated rings. The lowest BCUT2D eigenvalue weighted by atomic mass is 9.96. The summed E-state index contributed by atoms with van der Waals surface area (Å²) in [6.07, 6.45) is 3.85. The molecule has 20 heavy (non-hydrogen) atoms. The Balaban J connectivity index is 1.79. The van der Waals surface area contributed by atoms with Crippen LogP contribution in [0.5, 0.6) is 0 Å². The van der Waals surface area contributed by atoms with E-state index in [4.69, 9.17) is 5.73 Å². The third-order valence-electron chi connectivity index (χ3n) is 4.60. The van der Waals surface area contributed by atoms with Crippen molar-refractivity contribution in [3.05, 3.63) is 28.2 Å². The molecule has 4 heteroatoms. The van der Waals surface area contributed by atoms with Gasteiger partial charge in [0, 0.05) is 35.3 Å². The number of nitrogens with two attached hydrogens (primary N) is 1. The van der Waals surface area contributed by atoms with E-state index in [0.29, 0.717) is 12.6 Å². The van der Waals surface area contributed by atoms with E-state index in [-0.39, 0.29) is 5.54 Å². The van der Waals surface area contributed by atoms with Crippen LogP contribution < -0.4 is 11.1 Å². The molecule has 3 nitrogen and oxygen atoms in total. The van der Waals surface area contributed by atoms with Crippen molar-refractivity contribution in [1.29, 1.82) is 0 Å². The summed E-state index contributed by atoms with van der Waals surface area (Å²) in [6, 6.07) is 7.92. The summed E-state index contributed by atoms with van der Waals surface area (Å²) >= 11 is 3.58. The first-order chi connectivity index (χ1) is 9.51. The van der Waals surface area contributed by atoms with Crippen molar-refractivity contribution < 1.29 is 0 Å². The number of aryl methyl sites for hydroxylation is 1. The lowest BCUT2D eigenvalue weighted by molar-refractivity contribution is 0.252. The number of hydrogen-bond donors (Lipinski definition) is 2. The first-order valence-electron chi connectivity index (χ1n) is 7.52. The molecule has 1 aromatic rings. The summed E-state index contributed by atoms with van der Waals surface area (Å²) in [5.74, 6) is 0. The second kappa shape index (κ2) is 5.32. The third kappa shape index (κ3) is 2.87. The molecule has 0 aromatic heterocycles. The molecular formula is C16H24BrN3. The summed E-state index contributed by atoms with van der Waals surface area (Å²) in [5.41, 5.74) is 8.60. The van der Waals surface area contributed by atoms with E-state index in [1.165, 1.54) is 24.1 Å². The Morgan fingerprint density at radius 2 is 2.15 bits per heavy atom. The van der Waals surface area contributed by atoms with Gasteiger partial charge >= 0.3 is 0 Å². The summed E-state index contributed by atoms with van der Waals surface area (Å²) in [7, 11) is 0. The number of rotatable bonds is 4. The van der Waals surface area contributed by atoms with Crippen molar-refractivity contribution in [2.75, 3.05) is 18.4 Å². The van der Waals surface area contributed by atoms with Gasteiger partial charge in [0.05, 0.1) is 5.54 Å². The second-order valence-corrected chi connectivity index (χ2v) is 7.50. The molecule has 1 heterocycles. The minimum absolute atomic E-state index is 0.0231. The maximum absolute atomic E-state index is 6.14. The van der Waals surface area contributed by atoms with Gasteiger partial charge in [0.25, 0.3) is 0 Å². The van der Waals surface area contributed by atoms with Crippen LogP contribution in [0.3, 0.4) is 0 Å². The molecule has 110 valence electrons. The van der Waals surface area contributed by atoms with Crippen molar-refractivity contribution in [3.8, 4) is 0 Å². The lowest BCUT2D eigenvalue weighted by Gasteiger charge is -2.31. The highest BCUT2D eigenvalue weighted by Crippen LogP contribution is 2.38. The van der Waals surface area contributed by atoms with Gasteiger partial charge in [-0.05, 0) is 56.9 Å². The molecule has 3 rings (SSSR count). The van der Waals surface area contributed by atoms with Gasteiger partial charge in [0.1, 0.15) is 0 Å². The molecular weight excluding hydrogens is 314 g/mol. The zero-order valence-corrected chi connectivity index (χ0v) is 13.9. The Labute approximate surface area is 130 Å². The van der Waals surface area contributed by atoms with Gasteiger partial charge in [-0.25, -0.2) is 0 Å².